The quantitative estimate of drug-likeness (QED) is 0.164. The largest absolute Gasteiger partial charge is 0.292 e. The smallest absolute Gasteiger partial charge is 0.145 e. The second-order valence-electron chi connectivity index (χ2n) is 15.4. The van der Waals surface area contributed by atoms with Crippen LogP contribution in [0.1, 0.15) is 0 Å². The molecule has 1 aliphatic rings. The van der Waals surface area contributed by atoms with E-state index in [1.54, 1.807) is 0 Å². The van der Waals surface area contributed by atoms with Crippen LogP contribution in [0.25, 0.3) is 116 Å². The van der Waals surface area contributed by atoms with E-state index in [0.717, 1.165) is 28.1 Å². The number of para-hydroxylation sites is 2. The third kappa shape index (κ3) is 5.24. The summed E-state index contributed by atoms with van der Waals surface area (Å²) >= 11 is 0. The Morgan fingerprint density at radius 2 is 0.695 bits per heavy atom. The van der Waals surface area contributed by atoms with Crippen LogP contribution >= 0.6 is 0 Å². The molecular weight excluding hydrogens is 713 g/mol. The van der Waals surface area contributed by atoms with Gasteiger partial charge in [0.1, 0.15) is 5.82 Å². The summed E-state index contributed by atoms with van der Waals surface area (Å²) in [4.78, 5) is 5.09. The summed E-state index contributed by atoms with van der Waals surface area (Å²) in [7, 11) is 0. The minimum Gasteiger partial charge on any atom is -0.292 e. The molecule has 0 N–H and O–H groups in total. The van der Waals surface area contributed by atoms with Gasteiger partial charge in [-0.1, -0.05) is 188 Å². The molecule has 0 saturated heterocycles. The van der Waals surface area contributed by atoms with Gasteiger partial charge in [0.05, 0.1) is 11.0 Å². The fourth-order valence-corrected chi connectivity index (χ4v) is 9.61. The second kappa shape index (κ2) is 13.4. The molecule has 0 spiro atoms. The van der Waals surface area contributed by atoms with E-state index in [-0.39, 0.29) is 0 Å². The van der Waals surface area contributed by atoms with Gasteiger partial charge in [0, 0.05) is 11.3 Å². The number of imidazole rings is 1. The maximum Gasteiger partial charge on any atom is 0.145 e. The van der Waals surface area contributed by atoms with Gasteiger partial charge in [-0.3, -0.25) is 4.57 Å². The van der Waals surface area contributed by atoms with Crippen LogP contribution in [0, 0.1) is 0 Å². The van der Waals surface area contributed by atoms with Gasteiger partial charge in [0.2, 0.25) is 0 Å². The van der Waals surface area contributed by atoms with Gasteiger partial charge in [-0.2, -0.15) is 0 Å². The molecule has 0 fully saturated rings. The molecule has 0 saturated carbocycles. The highest BCUT2D eigenvalue weighted by Gasteiger charge is 2.24. The molecule has 12 rings (SSSR count). The molecule has 0 atom stereocenters. The van der Waals surface area contributed by atoms with Crippen molar-refractivity contribution in [3.63, 3.8) is 0 Å². The van der Waals surface area contributed by atoms with Crippen LogP contribution in [0.2, 0.25) is 0 Å². The number of benzene rings is 10. The zero-order chi connectivity index (χ0) is 38.9. The normalized spacial score (nSPS) is 11.7. The lowest BCUT2D eigenvalue weighted by Crippen LogP contribution is -1.98. The summed E-state index contributed by atoms with van der Waals surface area (Å²) in [6, 6.07) is 79.6. The Balaban J connectivity index is 1.06. The molecule has 1 heterocycles. The molecule has 0 bridgehead atoms. The van der Waals surface area contributed by atoms with Crippen LogP contribution in [0.5, 0.6) is 0 Å². The third-order valence-electron chi connectivity index (χ3n) is 12.2. The van der Waals surface area contributed by atoms with Crippen LogP contribution in [0.3, 0.4) is 0 Å². The van der Waals surface area contributed by atoms with E-state index in [9.17, 15) is 0 Å². The van der Waals surface area contributed by atoms with Crippen molar-refractivity contribution in [2.24, 2.45) is 0 Å². The number of hydrogen-bond acceptors (Lipinski definition) is 1. The maximum atomic E-state index is 5.09. The molecule has 11 aromatic rings. The molecule has 1 aromatic heterocycles. The van der Waals surface area contributed by atoms with Crippen molar-refractivity contribution in [2.45, 2.75) is 0 Å². The van der Waals surface area contributed by atoms with Crippen molar-refractivity contribution in [1.82, 2.24) is 9.55 Å². The average Bonchev–Trinajstić information content (AvgIpc) is 3.70. The molecule has 59 heavy (non-hydrogen) atoms. The van der Waals surface area contributed by atoms with Crippen LogP contribution in [0.4, 0.5) is 0 Å². The first-order chi connectivity index (χ1) is 29.3. The van der Waals surface area contributed by atoms with Crippen molar-refractivity contribution < 1.29 is 0 Å². The van der Waals surface area contributed by atoms with E-state index in [4.69, 9.17) is 4.98 Å². The molecule has 274 valence electrons. The molecule has 0 radical (unpaired) electrons. The maximum absolute atomic E-state index is 5.09. The molecule has 10 aromatic carbocycles. The SMILES string of the molecule is c1ccc(-c2nc3ccccc3n2-c2ccc(-c3c4ccccc4c(-c4ccc5c(c4)-c4ccccc4-c4ccccc4-c4ccccc4-5)c4ccccc34)cc2)cc1. The molecule has 2 heteroatoms. The molecule has 1 aliphatic carbocycles. The number of rotatable bonds is 4. The predicted molar refractivity (Wildman–Crippen MR) is 248 cm³/mol. The van der Waals surface area contributed by atoms with Gasteiger partial charge in [0.15, 0.2) is 0 Å². The summed E-state index contributed by atoms with van der Waals surface area (Å²) < 4.78 is 2.28. The summed E-state index contributed by atoms with van der Waals surface area (Å²) in [6.45, 7) is 0. The Labute approximate surface area is 343 Å². The molecule has 0 aliphatic heterocycles. The van der Waals surface area contributed by atoms with E-state index in [2.05, 4.69) is 223 Å². The van der Waals surface area contributed by atoms with E-state index >= 15 is 0 Å². The number of nitrogens with zero attached hydrogens (tertiary/aromatic N) is 2. The van der Waals surface area contributed by atoms with Gasteiger partial charge in [-0.15, -0.1) is 0 Å². The fraction of sp³-hybridized carbons (Fsp3) is 0. The van der Waals surface area contributed by atoms with E-state index in [1.807, 2.05) is 0 Å². The van der Waals surface area contributed by atoms with Gasteiger partial charge in [-0.25, -0.2) is 4.98 Å². The lowest BCUT2D eigenvalue weighted by Gasteiger charge is -2.24. The highest BCUT2D eigenvalue weighted by molar-refractivity contribution is 6.22. The Morgan fingerprint density at radius 3 is 1.24 bits per heavy atom. The zero-order valence-corrected chi connectivity index (χ0v) is 32.2. The van der Waals surface area contributed by atoms with Crippen LogP contribution in [-0.2, 0) is 0 Å². The zero-order valence-electron chi connectivity index (χ0n) is 32.2. The lowest BCUT2D eigenvalue weighted by molar-refractivity contribution is 1.10. The second-order valence-corrected chi connectivity index (χ2v) is 15.4. The van der Waals surface area contributed by atoms with E-state index < -0.39 is 0 Å². The van der Waals surface area contributed by atoms with Crippen molar-refractivity contribution in [3.8, 4) is 83.8 Å². The van der Waals surface area contributed by atoms with E-state index in [1.165, 1.54) is 88.3 Å². The van der Waals surface area contributed by atoms with Crippen molar-refractivity contribution in [2.75, 3.05) is 0 Å². The van der Waals surface area contributed by atoms with Gasteiger partial charge in [-0.05, 0) is 119 Å². The number of hydrogen-bond donors (Lipinski definition) is 0. The topological polar surface area (TPSA) is 17.8 Å². The minimum absolute atomic E-state index is 0.937. The molecule has 2 nitrogen and oxygen atoms in total. The first-order valence-corrected chi connectivity index (χ1v) is 20.3. The van der Waals surface area contributed by atoms with Gasteiger partial charge >= 0.3 is 0 Å². The summed E-state index contributed by atoms with van der Waals surface area (Å²) in [6.07, 6.45) is 0. The average molecular weight is 749 g/mol. The van der Waals surface area contributed by atoms with Crippen LogP contribution in [0.15, 0.2) is 218 Å². The first-order valence-electron chi connectivity index (χ1n) is 20.3. The van der Waals surface area contributed by atoms with E-state index in [0.29, 0.717) is 0 Å². The first kappa shape index (κ1) is 33.3. The van der Waals surface area contributed by atoms with Gasteiger partial charge < -0.3 is 0 Å². The Bertz CT molecular complexity index is 3360. The lowest BCUT2D eigenvalue weighted by atomic mass is 9.79. The third-order valence-corrected chi connectivity index (χ3v) is 12.2. The standard InChI is InChI=1S/C57H36N2/c1-2-16-38(17-3-1)57-58-53-28-14-15-29-54(53)59(57)40-33-30-37(31-34-40)55-48-24-10-12-26-50(48)56(51-27-13-11-25-49(51)55)39-32-35-47-45-22-7-6-20-43(45)41-18-4-5-19-42(41)44-21-8-9-23-46(44)52(47)36-39/h1-36H. The number of fused-ring (bicyclic) bond motifs is 11. The fourth-order valence-electron chi connectivity index (χ4n) is 9.61. The summed E-state index contributed by atoms with van der Waals surface area (Å²) in [5, 5.41) is 4.95. The molecule has 0 amide bonds. The Hall–Kier alpha value is -7.81. The summed E-state index contributed by atoms with van der Waals surface area (Å²) in [5.41, 5.74) is 19.2. The number of aromatic nitrogens is 2. The van der Waals surface area contributed by atoms with Crippen LogP contribution < -0.4 is 0 Å². The van der Waals surface area contributed by atoms with Crippen LogP contribution in [-0.4, -0.2) is 9.55 Å². The predicted octanol–water partition coefficient (Wildman–Crippen LogP) is 15.3. The van der Waals surface area contributed by atoms with Crippen molar-refractivity contribution in [1.29, 1.82) is 0 Å². The minimum atomic E-state index is 0.937. The highest BCUT2D eigenvalue weighted by atomic mass is 15.1. The molecular formula is C57H36N2. The van der Waals surface area contributed by atoms with Crippen molar-refractivity contribution in [3.05, 3.63) is 218 Å². The van der Waals surface area contributed by atoms with Crippen molar-refractivity contribution >= 4 is 32.6 Å². The highest BCUT2D eigenvalue weighted by Crippen LogP contribution is 2.50. The van der Waals surface area contributed by atoms with Gasteiger partial charge in [0.25, 0.3) is 0 Å². The molecule has 0 unspecified atom stereocenters. The monoisotopic (exact) mass is 748 g/mol. The Morgan fingerprint density at radius 1 is 0.288 bits per heavy atom. The summed E-state index contributed by atoms with van der Waals surface area (Å²) in [5.74, 6) is 0.937. The Kier molecular flexibility index (Phi) is 7.57.